The van der Waals surface area contributed by atoms with Crippen LogP contribution in [0, 0.1) is 6.92 Å². The van der Waals surface area contributed by atoms with Gasteiger partial charge in [-0.1, -0.05) is 17.7 Å². The Bertz CT molecular complexity index is 1020. The quantitative estimate of drug-likeness (QED) is 0.837. The van der Waals surface area contributed by atoms with Crippen LogP contribution in [0.1, 0.15) is 12.0 Å². The van der Waals surface area contributed by atoms with Gasteiger partial charge in [-0.3, -0.25) is 9.03 Å². The van der Waals surface area contributed by atoms with Gasteiger partial charge in [-0.15, -0.1) is 0 Å². The Hall–Kier alpha value is -2.26. The first-order chi connectivity index (χ1) is 12.2. The summed E-state index contributed by atoms with van der Waals surface area (Å²) in [6.45, 7) is 2.24. The number of methoxy groups -OCH3 is 1. The fourth-order valence-electron chi connectivity index (χ4n) is 2.78. The maximum Gasteiger partial charge on any atom is 0.262 e. The third-order valence-electron chi connectivity index (χ3n) is 4.15. The van der Waals surface area contributed by atoms with Crippen molar-refractivity contribution in [1.82, 2.24) is 0 Å². The number of nitrogens with one attached hydrogen (secondary N) is 1. The molecule has 0 atom stereocenters. The molecule has 26 heavy (non-hydrogen) atoms. The SMILES string of the molecule is COc1ccc(N2CCCS2(=O)=O)cc1NS(=O)(=O)c1ccc(C)cc1. The second kappa shape index (κ2) is 6.81. The maximum absolute atomic E-state index is 12.6. The Morgan fingerprint density at radius 3 is 2.38 bits per heavy atom. The van der Waals surface area contributed by atoms with E-state index in [9.17, 15) is 16.8 Å². The van der Waals surface area contributed by atoms with Crippen LogP contribution in [0.3, 0.4) is 0 Å². The van der Waals surface area contributed by atoms with E-state index in [-0.39, 0.29) is 16.3 Å². The third-order valence-corrected chi connectivity index (χ3v) is 7.40. The summed E-state index contributed by atoms with van der Waals surface area (Å²) < 4.78 is 58.5. The van der Waals surface area contributed by atoms with E-state index in [0.717, 1.165) is 5.56 Å². The van der Waals surface area contributed by atoms with Crippen LogP contribution in [0.15, 0.2) is 47.4 Å². The molecule has 0 bridgehead atoms. The molecule has 0 aliphatic carbocycles. The number of aryl methyl sites for hydroxylation is 1. The van der Waals surface area contributed by atoms with Gasteiger partial charge in [0, 0.05) is 6.54 Å². The normalized spacial score (nSPS) is 16.5. The topological polar surface area (TPSA) is 92.8 Å². The molecule has 0 saturated carbocycles. The molecule has 1 saturated heterocycles. The zero-order valence-electron chi connectivity index (χ0n) is 14.5. The van der Waals surface area contributed by atoms with Gasteiger partial charge >= 0.3 is 0 Å². The molecule has 2 aromatic rings. The molecule has 7 nitrogen and oxygen atoms in total. The molecule has 1 heterocycles. The first-order valence-corrected chi connectivity index (χ1v) is 11.1. The molecular weight excluding hydrogens is 376 g/mol. The zero-order chi connectivity index (χ0) is 18.9. The van der Waals surface area contributed by atoms with Crippen molar-refractivity contribution >= 4 is 31.4 Å². The first-order valence-electron chi connectivity index (χ1n) is 8.01. The highest BCUT2D eigenvalue weighted by Crippen LogP contribution is 2.34. The molecule has 0 spiro atoms. The van der Waals surface area contributed by atoms with Crippen LogP contribution < -0.4 is 13.8 Å². The fourth-order valence-corrected chi connectivity index (χ4v) is 5.40. The summed E-state index contributed by atoms with van der Waals surface area (Å²) in [6.07, 6.45) is 0.540. The molecule has 0 radical (unpaired) electrons. The van der Waals surface area contributed by atoms with Crippen LogP contribution in [-0.2, 0) is 20.0 Å². The molecule has 3 rings (SSSR count). The van der Waals surface area contributed by atoms with Crippen molar-refractivity contribution in [1.29, 1.82) is 0 Å². The molecule has 1 aliphatic rings. The molecule has 1 N–H and O–H groups in total. The van der Waals surface area contributed by atoms with Crippen molar-refractivity contribution in [3.8, 4) is 5.75 Å². The lowest BCUT2D eigenvalue weighted by molar-refractivity contribution is 0.417. The minimum atomic E-state index is -3.83. The van der Waals surface area contributed by atoms with Crippen LogP contribution in [0.25, 0.3) is 0 Å². The number of hydrogen-bond acceptors (Lipinski definition) is 5. The van der Waals surface area contributed by atoms with Gasteiger partial charge in [0.2, 0.25) is 10.0 Å². The summed E-state index contributed by atoms with van der Waals surface area (Å²) in [6, 6.07) is 11.1. The highest BCUT2D eigenvalue weighted by molar-refractivity contribution is 7.93. The van der Waals surface area contributed by atoms with E-state index in [2.05, 4.69) is 4.72 Å². The van der Waals surface area contributed by atoms with E-state index >= 15 is 0 Å². The Morgan fingerprint density at radius 2 is 1.81 bits per heavy atom. The predicted molar refractivity (Wildman–Crippen MR) is 101 cm³/mol. The number of ether oxygens (including phenoxy) is 1. The van der Waals surface area contributed by atoms with Crippen molar-refractivity contribution in [2.75, 3.05) is 28.4 Å². The molecular formula is C17H20N2O5S2. The Morgan fingerprint density at radius 1 is 1.12 bits per heavy atom. The summed E-state index contributed by atoms with van der Waals surface area (Å²) in [5.41, 5.74) is 1.54. The van der Waals surface area contributed by atoms with E-state index in [1.165, 1.54) is 29.6 Å². The number of benzene rings is 2. The highest BCUT2D eigenvalue weighted by Gasteiger charge is 2.29. The van der Waals surface area contributed by atoms with Gasteiger partial charge < -0.3 is 4.74 Å². The summed E-state index contributed by atoms with van der Waals surface area (Å²) in [5, 5.41) is 0. The molecule has 2 aromatic carbocycles. The molecule has 0 aromatic heterocycles. The molecule has 1 fully saturated rings. The minimum absolute atomic E-state index is 0.0868. The number of anilines is 2. The van der Waals surface area contributed by atoms with Crippen LogP contribution in [-0.4, -0.2) is 36.2 Å². The smallest absolute Gasteiger partial charge is 0.262 e. The number of rotatable bonds is 5. The Kier molecular flexibility index (Phi) is 4.85. The lowest BCUT2D eigenvalue weighted by Gasteiger charge is -2.19. The lowest BCUT2D eigenvalue weighted by atomic mass is 10.2. The summed E-state index contributed by atoms with van der Waals surface area (Å²) in [4.78, 5) is 0.115. The van der Waals surface area contributed by atoms with Crippen LogP contribution >= 0.6 is 0 Å². The fraction of sp³-hybridized carbons (Fsp3) is 0.294. The standard InChI is InChI=1S/C17H20N2O5S2/c1-13-4-7-15(8-5-13)26(22,23)18-16-12-14(6-9-17(16)24-2)19-10-3-11-25(19,20)21/h4-9,12,18H,3,10-11H2,1-2H3. The van der Waals surface area contributed by atoms with Crippen molar-refractivity contribution < 1.29 is 21.6 Å². The average molecular weight is 396 g/mol. The predicted octanol–water partition coefficient (Wildman–Crippen LogP) is 2.34. The highest BCUT2D eigenvalue weighted by atomic mass is 32.2. The van der Waals surface area contributed by atoms with Gasteiger partial charge in [0.25, 0.3) is 10.0 Å². The van der Waals surface area contributed by atoms with Gasteiger partial charge in [-0.25, -0.2) is 16.8 Å². The molecule has 1 aliphatic heterocycles. The third kappa shape index (κ3) is 3.63. The van der Waals surface area contributed by atoms with Crippen molar-refractivity contribution in [2.24, 2.45) is 0 Å². The lowest BCUT2D eigenvalue weighted by Crippen LogP contribution is -2.25. The molecule has 9 heteroatoms. The molecule has 140 valence electrons. The van der Waals surface area contributed by atoms with Crippen molar-refractivity contribution in [3.63, 3.8) is 0 Å². The Balaban J connectivity index is 1.98. The average Bonchev–Trinajstić information content (AvgIpc) is 2.94. The number of sulfonamides is 2. The van der Waals surface area contributed by atoms with Crippen molar-refractivity contribution in [3.05, 3.63) is 48.0 Å². The van der Waals surface area contributed by atoms with E-state index in [4.69, 9.17) is 4.74 Å². The maximum atomic E-state index is 12.6. The van der Waals surface area contributed by atoms with Crippen LogP contribution in [0.4, 0.5) is 11.4 Å². The number of nitrogens with zero attached hydrogens (tertiary/aromatic N) is 1. The second-order valence-electron chi connectivity index (χ2n) is 6.04. The Labute approximate surface area is 153 Å². The number of hydrogen-bond donors (Lipinski definition) is 1. The monoisotopic (exact) mass is 396 g/mol. The first kappa shape index (κ1) is 18.5. The van der Waals surface area contributed by atoms with E-state index in [0.29, 0.717) is 24.4 Å². The van der Waals surface area contributed by atoms with E-state index in [1.807, 2.05) is 6.92 Å². The second-order valence-corrected chi connectivity index (χ2v) is 9.74. The molecule has 0 amide bonds. The van der Waals surface area contributed by atoms with Crippen LogP contribution in [0.5, 0.6) is 5.75 Å². The summed E-state index contributed by atoms with van der Waals surface area (Å²) in [5.74, 6) is 0.393. The van der Waals surface area contributed by atoms with Gasteiger partial charge in [0.15, 0.2) is 0 Å². The van der Waals surface area contributed by atoms with Gasteiger partial charge in [-0.2, -0.15) is 0 Å². The van der Waals surface area contributed by atoms with Crippen LogP contribution in [0.2, 0.25) is 0 Å². The largest absolute Gasteiger partial charge is 0.495 e. The van der Waals surface area contributed by atoms with Gasteiger partial charge in [0.1, 0.15) is 5.75 Å². The van der Waals surface area contributed by atoms with Gasteiger partial charge in [-0.05, 0) is 43.7 Å². The van der Waals surface area contributed by atoms with E-state index in [1.54, 1.807) is 24.3 Å². The zero-order valence-corrected chi connectivity index (χ0v) is 16.1. The van der Waals surface area contributed by atoms with Gasteiger partial charge in [0.05, 0.1) is 29.1 Å². The molecule has 0 unspecified atom stereocenters. The van der Waals surface area contributed by atoms with E-state index < -0.39 is 20.0 Å². The summed E-state index contributed by atoms with van der Waals surface area (Å²) in [7, 11) is -5.77. The van der Waals surface area contributed by atoms with Crippen molar-refractivity contribution in [2.45, 2.75) is 18.2 Å². The minimum Gasteiger partial charge on any atom is -0.495 e. The summed E-state index contributed by atoms with van der Waals surface area (Å²) >= 11 is 0.